The van der Waals surface area contributed by atoms with Crippen LogP contribution in [-0.4, -0.2) is 51.8 Å². The van der Waals surface area contributed by atoms with Crippen molar-refractivity contribution in [2.24, 2.45) is 11.8 Å². The summed E-state index contributed by atoms with van der Waals surface area (Å²) in [5.41, 5.74) is 0. The lowest BCUT2D eigenvalue weighted by Crippen LogP contribution is -2.50. The van der Waals surface area contributed by atoms with Gasteiger partial charge in [0.1, 0.15) is 0 Å². The first-order valence-electron chi connectivity index (χ1n) is 9.04. The molecule has 130 valence electrons. The molecular weight excluding hydrogens is 296 g/mol. The molecule has 2 saturated carbocycles. The molecule has 0 aromatic heterocycles. The van der Waals surface area contributed by atoms with Crippen LogP contribution >= 0.6 is 0 Å². The van der Waals surface area contributed by atoms with Crippen molar-refractivity contribution < 1.29 is 19.8 Å². The third-order valence-electron chi connectivity index (χ3n) is 5.99. The Morgan fingerprint density at radius 3 is 2.30 bits per heavy atom. The second kappa shape index (κ2) is 7.07. The maximum Gasteiger partial charge on any atom is 0.317 e. The van der Waals surface area contributed by atoms with E-state index in [2.05, 4.69) is 5.32 Å². The summed E-state index contributed by atoms with van der Waals surface area (Å²) in [4.78, 5) is 25.5. The lowest BCUT2D eigenvalue weighted by molar-refractivity contribution is -0.142. The van der Waals surface area contributed by atoms with Crippen molar-refractivity contribution in [3.63, 3.8) is 0 Å². The number of hydrogen-bond acceptors (Lipinski definition) is 3. The van der Waals surface area contributed by atoms with E-state index in [9.17, 15) is 14.7 Å². The van der Waals surface area contributed by atoms with Gasteiger partial charge in [0.05, 0.1) is 12.0 Å². The minimum atomic E-state index is -0.718. The van der Waals surface area contributed by atoms with Crippen LogP contribution in [0.1, 0.15) is 57.8 Å². The molecule has 3 rings (SSSR count). The summed E-state index contributed by atoms with van der Waals surface area (Å²) in [6.45, 7) is 0.768. The van der Waals surface area contributed by atoms with Crippen molar-refractivity contribution >= 4 is 12.0 Å². The first-order chi connectivity index (χ1) is 11.1. The fraction of sp³-hybridized carbons (Fsp3) is 0.882. The number of aliphatic hydroxyl groups excluding tert-OH is 1. The summed E-state index contributed by atoms with van der Waals surface area (Å²) in [5.74, 6) is -0.744. The Morgan fingerprint density at radius 1 is 0.957 bits per heavy atom. The van der Waals surface area contributed by atoms with Gasteiger partial charge >= 0.3 is 12.0 Å². The van der Waals surface area contributed by atoms with E-state index in [-0.39, 0.29) is 36.1 Å². The van der Waals surface area contributed by atoms with Crippen molar-refractivity contribution in [3.05, 3.63) is 0 Å². The summed E-state index contributed by atoms with van der Waals surface area (Å²) >= 11 is 0. The average molecular weight is 324 g/mol. The van der Waals surface area contributed by atoms with Crippen LogP contribution in [0.25, 0.3) is 0 Å². The van der Waals surface area contributed by atoms with Crippen LogP contribution in [0.5, 0.6) is 0 Å². The number of hydrogen-bond donors (Lipinski definition) is 3. The van der Waals surface area contributed by atoms with Crippen LogP contribution in [-0.2, 0) is 4.79 Å². The number of carboxylic acids is 1. The van der Waals surface area contributed by atoms with E-state index in [1.54, 1.807) is 0 Å². The normalized spacial score (nSPS) is 37.8. The predicted molar refractivity (Wildman–Crippen MR) is 85.0 cm³/mol. The van der Waals surface area contributed by atoms with Gasteiger partial charge in [-0.15, -0.1) is 0 Å². The van der Waals surface area contributed by atoms with Gasteiger partial charge < -0.3 is 20.4 Å². The third kappa shape index (κ3) is 3.62. The van der Waals surface area contributed by atoms with Crippen LogP contribution in [0, 0.1) is 11.8 Å². The largest absolute Gasteiger partial charge is 0.481 e. The molecule has 2 amide bonds. The topological polar surface area (TPSA) is 89.9 Å². The molecule has 0 spiro atoms. The molecule has 0 aromatic carbocycles. The Balaban J connectivity index is 1.52. The number of amides is 2. The first kappa shape index (κ1) is 16.6. The van der Waals surface area contributed by atoms with E-state index in [0.717, 1.165) is 51.5 Å². The number of urea groups is 1. The zero-order valence-electron chi connectivity index (χ0n) is 13.6. The smallest absolute Gasteiger partial charge is 0.317 e. The van der Waals surface area contributed by atoms with Gasteiger partial charge in [0.15, 0.2) is 0 Å². The first-order valence-corrected chi connectivity index (χ1v) is 9.04. The molecule has 3 atom stereocenters. The predicted octanol–water partition coefficient (Wildman–Crippen LogP) is 1.96. The van der Waals surface area contributed by atoms with Gasteiger partial charge in [-0.2, -0.15) is 0 Å². The second-order valence-corrected chi connectivity index (χ2v) is 7.40. The quantitative estimate of drug-likeness (QED) is 0.740. The number of nitrogens with zero attached hydrogens (tertiary/aromatic N) is 1. The summed E-state index contributed by atoms with van der Waals surface area (Å²) in [5, 5.41) is 22.3. The molecule has 1 saturated heterocycles. The monoisotopic (exact) mass is 324 g/mol. The molecule has 23 heavy (non-hydrogen) atoms. The minimum absolute atomic E-state index is 0.0228. The molecule has 6 nitrogen and oxygen atoms in total. The van der Waals surface area contributed by atoms with E-state index in [0.29, 0.717) is 12.8 Å². The Kier molecular flexibility index (Phi) is 5.09. The standard InChI is InChI=1S/C17H28N2O4/c20-15-5-1-3-13(15)14-4-2-10-19(14)17(23)18-12-8-6-11(7-9-12)16(21)22/h11-15,20H,1-10H2,(H,18,23)(H,21,22). The number of aliphatic hydroxyl groups is 1. The summed E-state index contributed by atoms with van der Waals surface area (Å²) in [7, 11) is 0. The number of carboxylic acid groups (broad SMARTS) is 1. The minimum Gasteiger partial charge on any atom is -0.481 e. The zero-order chi connectivity index (χ0) is 16.4. The highest BCUT2D eigenvalue weighted by Crippen LogP contribution is 2.36. The average Bonchev–Trinajstić information content (AvgIpc) is 3.15. The SMILES string of the molecule is O=C(O)C1CCC(NC(=O)N2CCCC2C2CCCC2O)CC1. The molecule has 3 fully saturated rings. The molecule has 3 N–H and O–H groups in total. The van der Waals surface area contributed by atoms with Gasteiger partial charge in [0, 0.05) is 24.5 Å². The van der Waals surface area contributed by atoms with Crippen LogP contribution in [0.4, 0.5) is 4.79 Å². The fourth-order valence-electron chi connectivity index (χ4n) is 4.65. The summed E-state index contributed by atoms with van der Waals surface area (Å²) in [6, 6.07) is 0.237. The second-order valence-electron chi connectivity index (χ2n) is 7.40. The molecule has 2 aliphatic carbocycles. The molecule has 3 aliphatic rings. The van der Waals surface area contributed by atoms with E-state index in [1.165, 1.54) is 0 Å². The van der Waals surface area contributed by atoms with Gasteiger partial charge in [-0.25, -0.2) is 4.79 Å². The molecule has 1 aliphatic heterocycles. The Morgan fingerprint density at radius 2 is 1.70 bits per heavy atom. The highest BCUT2D eigenvalue weighted by Gasteiger charge is 2.40. The summed E-state index contributed by atoms with van der Waals surface area (Å²) in [6.07, 6.45) is 7.43. The molecule has 1 heterocycles. The number of carbonyl (C=O) groups excluding carboxylic acids is 1. The fourth-order valence-corrected chi connectivity index (χ4v) is 4.65. The van der Waals surface area contributed by atoms with E-state index in [4.69, 9.17) is 5.11 Å². The molecular formula is C17H28N2O4. The van der Waals surface area contributed by atoms with Gasteiger partial charge in [0.25, 0.3) is 0 Å². The Labute approximate surface area is 137 Å². The number of aliphatic carboxylic acids is 1. The lowest BCUT2D eigenvalue weighted by atomic mass is 9.86. The van der Waals surface area contributed by atoms with Crippen LogP contribution in [0.15, 0.2) is 0 Å². The molecule has 0 aromatic rings. The molecule has 0 radical (unpaired) electrons. The van der Waals surface area contributed by atoms with Crippen LogP contribution in [0.2, 0.25) is 0 Å². The molecule has 3 unspecified atom stereocenters. The van der Waals surface area contributed by atoms with E-state index in [1.807, 2.05) is 4.90 Å². The molecule has 0 bridgehead atoms. The third-order valence-corrected chi connectivity index (χ3v) is 5.99. The van der Waals surface area contributed by atoms with E-state index >= 15 is 0 Å². The number of likely N-dealkylation sites (tertiary alicyclic amines) is 1. The Hall–Kier alpha value is -1.30. The Bertz CT molecular complexity index is 448. The van der Waals surface area contributed by atoms with Crippen molar-refractivity contribution in [2.45, 2.75) is 76.0 Å². The van der Waals surface area contributed by atoms with Gasteiger partial charge in [-0.1, -0.05) is 6.42 Å². The van der Waals surface area contributed by atoms with Crippen LogP contribution < -0.4 is 5.32 Å². The maximum atomic E-state index is 12.6. The van der Waals surface area contributed by atoms with Crippen molar-refractivity contribution in [1.82, 2.24) is 10.2 Å². The van der Waals surface area contributed by atoms with Crippen molar-refractivity contribution in [2.75, 3.05) is 6.54 Å². The molecule has 6 heteroatoms. The highest BCUT2D eigenvalue weighted by molar-refractivity contribution is 5.75. The van der Waals surface area contributed by atoms with Crippen molar-refractivity contribution in [1.29, 1.82) is 0 Å². The number of nitrogens with one attached hydrogen (secondary N) is 1. The highest BCUT2D eigenvalue weighted by atomic mass is 16.4. The zero-order valence-corrected chi connectivity index (χ0v) is 13.6. The maximum absolute atomic E-state index is 12.6. The number of carbonyl (C=O) groups is 2. The van der Waals surface area contributed by atoms with E-state index < -0.39 is 5.97 Å². The summed E-state index contributed by atoms with van der Waals surface area (Å²) < 4.78 is 0. The van der Waals surface area contributed by atoms with Gasteiger partial charge in [-0.05, 0) is 51.4 Å². The van der Waals surface area contributed by atoms with Crippen LogP contribution in [0.3, 0.4) is 0 Å². The van der Waals surface area contributed by atoms with Gasteiger partial charge in [0.2, 0.25) is 0 Å². The lowest BCUT2D eigenvalue weighted by Gasteiger charge is -2.34. The number of rotatable bonds is 3. The van der Waals surface area contributed by atoms with Gasteiger partial charge in [-0.3, -0.25) is 4.79 Å². The van der Waals surface area contributed by atoms with Crippen molar-refractivity contribution in [3.8, 4) is 0 Å².